The van der Waals surface area contributed by atoms with Crippen LogP contribution >= 0.6 is 11.3 Å². The summed E-state index contributed by atoms with van der Waals surface area (Å²) < 4.78 is 1.72. The molecule has 5 nitrogen and oxygen atoms in total. The van der Waals surface area contributed by atoms with Crippen LogP contribution in [-0.4, -0.2) is 20.7 Å². The standard InChI is InChI=1S/C12H16N4OS/c1-8(10-5-13-16(3)6-10)14-12(17)4-11-7-18-9(2)15-11/h5-8H,4H2,1-3H3,(H,14,17). The van der Waals surface area contributed by atoms with Crippen LogP contribution in [0.5, 0.6) is 0 Å². The summed E-state index contributed by atoms with van der Waals surface area (Å²) in [5.41, 5.74) is 1.83. The van der Waals surface area contributed by atoms with E-state index in [1.807, 2.05) is 32.5 Å². The van der Waals surface area contributed by atoms with Crippen LogP contribution in [0.1, 0.15) is 29.2 Å². The number of carbonyl (C=O) groups excluding carboxylic acids is 1. The zero-order chi connectivity index (χ0) is 13.1. The third kappa shape index (κ3) is 3.16. The third-order valence-corrected chi connectivity index (χ3v) is 3.43. The molecular formula is C12H16N4OS. The van der Waals surface area contributed by atoms with Gasteiger partial charge in [-0.2, -0.15) is 5.10 Å². The molecule has 0 aliphatic carbocycles. The van der Waals surface area contributed by atoms with E-state index in [0.717, 1.165) is 16.3 Å². The van der Waals surface area contributed by atoms with E-state index >= 15 is 0 Å². The first-order chi connectivity index (χ1) is 8.54. The molecule has 2 heterocycles. The lowest BCUT2D eigenvalue weighted by molar-refractivity contribution is -0.121. The van der Waals surface area contributed by atoms with Gasteiger partial charge in [0, 0.05) is 24.2 Å². The van der Waals surface area contributed by atoms with Crippen molar-refractivity contribution in [1.29, 1.82) is 0 Å². The van der Waals surface area contributed by atoms with Gasteiger partial charge in [-0.1, -0.05) is 0 Å². The summed E-state index contributed by atoms with van der Waals surface area (Å²) in [5.74, 6) is -0.0170. The predicted molar refractivity (Wildman–Crippen MR) is 70.3 cm³/mol. The summed E-state index contributed by atoms with van der Waals surface area (Å²) in [6.45, 7) is 3.88. The summed E-state index contributed by atoms with van der Waals surface area (Å²) in [5, 5.41) is 9.93. The maximum Gasteiger partial charge on any atom is 0.226 e. The molecule has 2 aromatic rings. The molecular weight excluding hydrogens is 248 g/mol. The lowest BCUT2D eigenvalue weighted by Gasteiger charge is -2.11. The van der Waals surface area contributed by atoms with E-state index in [1.165, 1.54) is 0 Å². The summed E-state index contributed by atoms with van der Waals surface area (Å²) in [6, 6.07) is -0.0362. The molecule has 0 aromatic carbocycles. The maximum atomic E-state index is 11.8. The first-order valence-corrected chi connectivity index (χ1v) is 6.61. The van der Waals surface area contributed by atoms with Crippen molar-refractivity contribution in [2.45, 2.75) is 26.3 Å². The Morgan fingerprint density at radius 1 is 1.61 bits per heavy atom. The normalized spacial score (nSPS) is 12.4. The number of aromatic nitrogens is 3. The number of nitrogens with zero attached hydrogens (tertiary/aromatic N) is 3. The average molecular weight is 264 g/mol. The van der Waals surface area contributed by atoms with Crippen molar-refractivity contribution in [1.82, 2.24) is 20.1 Å². The minimum atomic E-state index is -0.0362. The predicted octanol–water partition coefficient (Wildman–Crippen LogP) is 1.60. The van der Waals surface area contributed by atoms with Crippen LogP contribution in [0, 0.1) is 6.92 Å². The van der Waals surface area contributed by atoms with Crippen LogP contribution in [0.15, 0.2) is 17.8 Å². The second-order valence-electron chi connectivity index (χ2n) is 4.27. The van der Waals surface area contributed by atoms with Crippen LogP contribution in [0.2, 0.25) is 0 Å². The van der Waals surface area contributed by atoms with Gasteiger partial charge in [0.25, 0.3) is 0 Å². The number of hydrogen-bond acceptors (Lipinski definition) is 4. The van der Waals surface area contributed by atoms with Crippen molar-refractivity contribution in [2.75, 3.05) is 0 Å². The van der Waals surface area contributed by atoms with Gasteiger partial charge in [0.05, 0.1) is 29.4 Å². The Balaban J connectivity index is 1.91. The van der Waals surface area contributed by atoms with Gasteiger partial charge in [-0.25, -0.2) is 4.98 Å². The number of carbonyl (C=O) groups is 1. The number of rotatable bonds is 4. The summed E-state index contributed by atoms with van der Waals surface area (Å²) in [6.07, 6.45) is 3.99. The van der Waals surface area contributed by atoms with E-state index in [2.05, 4.69) is 15.4 Å². The topological polar surface area (TPSA) is 59.8 Å². The molecule has 1 unspecified atom stereocenters. The molecule has 0 bridgehead atoms. The number of hydrogen-bond donors (Lipinski definition) is 1. The van der Waals surface area contributed by atoms with E-state index in [4.69, 9.17) is 0 Å². The largest absolute Gasteiger partial charge is 0.349 e. The highest BCUT2D eigenvalue weighted by Crippen LogP contribution is 2.12. The summed E-state index contributed by atoms with van der Waals surface area (Å²) in [4.78, 5) is 16.1. The van der Waals surface area contributed by atoms with Crippen molar-refractivity contribution in [3.05, 3.63) is 34.0 Å². The highest BCUT2D eigenvalue weighted by molar-refractivity contribution is 7.09. The van der Waals surface area contributed by atoms with Gasteiger partial charge in [0.1, 0.15) is 0 Å². The molecule has 0 aliphatic rings. The Hall–Kier alpha value is -1.69. The molecule has 1 amide bonds. The minimum Gasteiger partial charge on any atom is -0.349 e. The smallest absolute Gasteiger partial charge is 0.226 e. The summed E-state index contributed by atoms with van der Waals surface area (Å²) in [7, 11) is 1.86. The number of amides is 1. The van der Waals surface area contributed by atoms with Crippen molar-refractivity contribution in [3.8, 4) is 0 Å². The maximum absolute atomic E-state index is 11.8. The number of thiazole rings is 1. The lowest BCUT2D eigenvalue weighted by atomic mass is 10.2. The number of aryl methyl sites for hydroxylation is 2. The Bertz CT molecular complexity index is 546. The first-order valence-electron chi connectivity index (χ1n) is 5.73. The van der Waals surface area contributed by atoms with Gasteiger partial charge in [-0.05, 0) is 13.8 Å². The quantitative estimate of drug-likeness (QED) is 0.912. The molecule has 96 valence electrons. The molecule has 1 atom stereocenters. The van der Waals surface area contributed by atoms with Gasteiger partial charge >= 0.3 is 0 Å². The lowest BCUT2D eigenvalue weighted by Crippen LogP contribution is -2.28. The van der Waals surface area contributed by atoms with Gasteiger partial charge in [0.2, 0.25) is 5.91 Å². The van der Waals surface area contributed by atoms with Crippen molar-refractivity contribution < 1.29 is 4.79 Å². The van der Waals surface area contributed by atoms with E-state index in [-0.39, 0.29) is 11.9 Å². The molecule has 0 aliphatic heterocycles. The summed E-state index contributed by atoms with van der Waals surface area (Å²) >= 11 is 1.56. The van der Waals surface area contributed by atoms with Crippen LogP contribution in [0.4, 0.5) is 0 Å². The molecule has 2 aromatic heterocycles. The van der Waals surface area contributed by atoms with E-state index < -0.39 is 0 Å². The van der Waals surface area contributed by atoms with Gasteiger partial charge in [-0.15, -0.1) is 11.3 Å². The van der Waals surface area contributed by atoms with E-state index in [0.29, 0.717) is 6.42 Å². The molecule has 0 saturated carbocycles. The molecule has 18 heavy (non-hydrogen) atoms. The monoisotopic (exact) mass is 264 g/mol. The van der Waals surface area contributed by atoms with Crippen LogP contribution in [0.25, 0.3) is 0 Å². The Morgan fingerprint density at radius 3 is 2.94 bits per heavy atom. The van der Waals surface area contributed by atoms with Crippen molar-refractivity contribution >= 4 is 17.2 Å². The Morgan fingerprint density at radius 2 is 2.39 bits per heavy atom. The zero-order valence-corrected chi connectivity index (χ0v) is 11.5. The highest BCUT2D eigenvalue weighted by atomic mass is 32.1. The molecule has 0 spiro atoms. The van der Waals surface area contributed by atoms with Gasteiger partial charge < -0.3 is 5.32 Å². The molecule has 2 rings (SSSR count). The van der Waals surface area contributed by atoms with Gasteiger partial charge in [0.15, 0.2) is 0 Å². The number of nitrogens with one attached hydrogen (secondary N) is 1. The molecule has 0 fully saturated rings. The van der Waals surface area contributed by atoms with E-state index in [9.17, 15) is 4.79 Å². The van der Waals surface area contributed by atoms with Crippen LogP contribution < -0.4 is 5.32 Å². The van der Waals surface area contributed by atoms with Crippen molar-refractivity contribution in [2.24, 2.45) is 7.05 Å². The first kappa shape index (κ1) is 12.8. The fraction of sp³-hybridized carbons (Fsp3) is 0.417. The third-order valence-electron chi connectivity index (χ3n) is 2.61. The second kappa shape index (κ2) is 5.30. The molecule has 6 heteroatoms. The molecule has 0 saturated heterocycles. The van der Waals surface area contributed by atoms with E-state index in [1.54, 1.807) is 22.2 Å². The minimum absolute atomic E-state index is 0.0170. The molecule has 0 radical (unpaired) electrons. The van der Waals surface area contributed by atoms with Gasteiger partial charge in [-0.3, -0.25) is 9.48 Å². The second-order valence-corrected chi connectivity index (χ2v) is 5.33. The molecule has 1 N–H and O–H groups in total. The van der Waals surface area contributed by atoms with Crippen molar-refractivity contribution in [3.63, 3.8) is 0 Å². The van der Waals surface area contributed by atoms with Crippen LogP contribution in [-0.2, 0) is 18.3 Å². The average Bonchev–Trinajstić information content (AvgIpc) is 2.87. The Labute approximate surface area is 110 Å². The fourth-order valence-electron chi connectivity index (χ4n) is 1.69. The zero-order valence-electron chi connectivity index (χ0n) is 10.7. The Kier molecular flexibility index (Phi) is 3.76. The highest BCUT2D eigenvalue weighted by Gasteiger charge is 2.12. The SMILES string of the molecule is Cc1nc(CC(=O)NC(C)c2cnn(C)c2)cs1. The van der Waals surface area contributed by atoms with Crippen LogP contribution in [0.3, 0.4) is 0 Å². The fourth-order valence-corrected chi connectivity index (χ4v) is 2.31.